The van der Waals surface area contributed by atoms with Crippen LogP contribution in [-0.2, 0) is 14.8 Å². The van der Waals surface area contributed by atoms with E-state index in [9.17, 15) is 13.2 Å². The van der Waals surface area contributed by atoms with E-state index in [0.29, 0.717) is 27.9 Å². The van der Waals surface area contributed by atoms with E-state index in [-0.39, 0.29) is 17.5 Å². The van der Waals surface area contributed by atoms with E-state index in [1.807, 2.05) is 6.92 Å². The van der Waals surface area contributed by atoms with Crippen molar-refractivity contribution >= 4 is 44.8 Å². The Hall–Kier alpha value is -1.80. The topological polar surface area (TPSA) is 84.5 Å². The second kappa shape index (κ2) is 9.41. The molecule has 0 aliphatic rings. The van der Waals surface area contributed by atoms with E-state index in [0.717, 1.165) is 0 Å². The van der Waals surface area contributed by atoms with Crippen molar-refractivity contribution in [3.63, 3.8) is 0 Å². The number of nitrogens with one attached hydrogen (secondary N) is 2. The van der Waals surface area contributed by atoms with Crippen molar-refractivity contribution in [1.29, 1.82) is 0 Å². The van der Waals surface area contributed by atoms with Gasteiger partial charge in [0.2, 0.25) is 10.0 Å². The van der Waals surface area contributed by atoms with Gasteiger partial charge in [-0.3, -0.25) is 4.79 Å². The van der Waals surface area contributed by atoms with Gasteiger partial charge in [-0.2, -0.15) is 0 Å². The average molecular weight is 431 g/mol. The van der Waals surface area contributed by atoms with E-state index < -0.39 is 15.9 Å². The number of halogens is 2. The number of anilines is 1. The first-order chi connectivity index (χ1) is 12.7. The molecule has 1 amide bonds. The molecule has 2 rings (SSSR count). The van der Waals surface area contributed by atoms with Crippen LogP contribution in [-0.4, -0.2) is 27.0 Å². The maximum Gasteiger partial charge on any atom is 0.262 e. The molecule has 0 heterocycles. The third-order valence-electron chi connectivity index (χ3n) is 3.68. The minimum absolute atomic E-state index is 0.132. The van der Waals surface area contributed by atoms with Gasteiger partial charge >= 0.3 is 0 Å². The van der Waals surface area contributed by atoms with Crippen LogP contribution >= 0.6 is 23.2 Å². The molecule has 0 saturated heterocycles. The summed E-state index contributed by atoms with van der Waals surface area (Å²) in [6.07, 6.45) is 0.688. The molecule has 2 aromatic carbocycles. The molecular formula is C18H20Cl2N2O4S. The van der Waals surface area contributed by atoms with Crippen LogP contribution in [0.1, 0.15) is 20.3 Å². The average Bonchev–Trinajstić information content (AvgIpc) is 2.62. The van der Waals surface area contributed by atoms with E-state index in [1.165, 1.54) is 30.3 Å². The van der Waals surface area contributed by atoms with Crippen LogP contribution in [0.25, 0.3) is 0 Å². The SMILES string of the molecule is CC[C@H](C)NS(=O)(=O)c1ccc(OCC(=O)Nc2ccc(Cl)cc2Cl)cc1. The van der Waals surface area contributed by atoms with Crippen molar-refractivity contribution in [2.75, 3.05) is 11.9 Å². The lowest BCUT2D eigenvalue weighted by molar-refractivity contribution is -0.118. The van der Waals surface area contributed by atoms with Crippen molar-refractivity contribution in [2.45, 2.75) is 31.2 Å². The fourth-order valence-corrected chi connectivity index (χ4v) is 3.84. The Morgan fingerprint density at radius 1 is 1.15 bits per heavy atom. The Kier molecular flexibility index (Phi) is 7.49. The predicted molar refractivity (Wildman–Crippen MR) is 107 cm³/mol. The second-order valence-corrected chi connectivity index (χ2v) is 8.42. The maximum absolute atomic E-state index is 12.2. The van der Waals surface area contributed by atoms with Crippen LogP contribution in [0.5, 0.6) is 5.75 Å². The van der Waals surface area contributed by atoms with Gasteiger partial charge in [-0.25, -0.2) is 13.1 Å². The standard InChI is InChI=1S/C18H20Cl2N2O4S/c1-3-12(2)22-27(24,25)15-7-5-14(6-8-15)26-11-18(23)21-17-9-4-13(19)10-16(17)20/h4-10,12,22H,3,11H2,1-2H3,(H,21,23)/t12-/m0/s1. The minimum atomic E-state index is -3.58. The zero-order valence-corrected chi connectivity index (χ0v) is 17.2. The summed E-state index contributed by atoms with van der Waals surface area (Å²) in [4.78, 5) is 12.1. The summed E-state index contributed by atoms with van der Waals surface area (Å²) in [6.45, 7) is 3.43. The van der Waals surface area contributed by atoms with Crippen LogP contribution in [0, 0.1) is 0 Å². The summed E-state index contributed by atoms with van der Waals surface area (Å²) in [7, 11) is -3.58. The van der Waals surface area contributed by atoms with Gasteiger partial charge in [0.15, 0.2) is 6.61 Å². The van der Waals surface area contributed by atoms with Gasteiger partial charge in [0, 0.05) is 11.1 Å². The molecule has 0 fully saturated rings. The normalized spacial score (nSPS) is 12.4. The molecule has 0 aliphatic carbocycles. The number of rotatable bonds is 8. The highest BCUT2D eigenvalue weighted by Crippen LogP contribution is 2.25. The van der Waals surface area contributed by atoms with Crippen molar-refractivity contribution in [2.24, 2.45) is 0 Å². The van der Waals surface area contributed by atoms with E-state index >= 15 is 0 Å². The quantitative estimate of drug-likeness (QED) is 0.660. The van der Waals surface area contributed by atoms with Crippen molar-refractivity contribution in [3.8, 4) is 5.75 Å². The molecule has 0 radical (unpaired) electrons. The minimum Gasteiger partial charge on any atom is -0.484 e. The monoisotopic (exact) mass is 430 g/mol. The number of benzene rings is 2. The number of carbonyl (C=O) groups is 1. The summed E-state index contributed by atoms with van der Waals surface area (Å²) in [5, 5.41) is 3.39. The molecule has 0 aliphatic heterocycles. The van der Waals surface area contributed by atoms with Crippen LogP contribution in [0.15, 0.2) is 47.4 Å². The lowest BCUT2D eigenvalue weighted by Gasteiger charge is -2.13. The largest absolute Gasteiger partial charge is 0.484 e. The van der Waals surface area contributed by atoms with Gasteiger partial charge in [0.25, 0.3) is 5.91 Å². The van der Waals surface area contributed by atoms with E-state index in [2.05, 4.69) is 10.0 Å². The van der Waals surface area contributed by atoms with E-state index in [1.54, 1.807) is 19.1 Å². The number of hydrogen-bond acceptors (Lipinski definition) is 4. The summed E-state index contributed by atoms with van der Waals surface area (Å²) >= 11 is 11.8. The third-order valence-corrected chi connectivity index (χ3v) is 5.83. The Balaban J connectivity index is 1.93. The molecule has 0 bridgehead atoms. The Morgan fingerprint density at radius 2 is 1.81 bits per heavy atom. The first-order valence-corrected chi connectivity index (χ1v) is 10.4. The third kappa shape index (κ3) is 6.39. The molecule has 6 nitrogen and oxygen atoms in total. The molecule has 0 spiro atoms. The van der Waals surface area contributed by atoms with Gasteiger partial charge < -0.3 is 10.1 Å². The Morgan fingerprint density at radius 3 is 2.41 bits per heavy atom. The van der Waals surface area contributed by atoms with Crippen LogP contribution < -0.4 is 14.8 Å². The number of sulfonamides is 1. The van der Waals surface area contributed by atoms with E-state index in [4.69, 9.17) is 27.9 Å². The molecule has 0 aromatic heterocycles. The highest BCUT2D eigenvalue weighted by molar-refractivity contribution is 7.89. The Bertz CT molecular complexity index is 902. The molecule has 2 N–H and O–H groups in total. The predicted octanol–water partition coefficient (Wildman–Crippen LogP) is 4.09. The molecule has 0 saturated carbocycles. The zero-order chi connectivity index (χ0) is 20.0. The molecule has 0 unspecified atom stereocenters. The molecule has 146 valence electrons. The fourth-order valence-electron chi connectivity index (χ4n) is 2.06. The highest BCUT2D eigenvalue weighted by atomic mass is 35.5. The van der Waals surface area contributed by atoms with Gasteiger partial charge in [0.05, 0.1) is 15.6 Å². The Labute approximate surface area is 168 Å². The van der Waals surface area contributed by atoms with Crippen LogP contribution in [0.2, 0.25) is 10.0 Å². The lowest BCUT2D eigenvalue weighted by Crippen LogP contribution is -2.31. The fraction of sp³-hybridized carbons (Fsp3) is 0.278. The van der Waals surface area contributed by atoms with Crippen LogP contribution in [0.4, 0.5) is 5.69 Å². The van der Waals surface area contributed by atoms with Gasteiger partial charge in [-0.1, -0.05) is 30.1 Å². The van der Waals surface area contributed by atoms with Gasteiger partial charge in [-0.15, -0.1) is 0 Å². The number of carbonyl (C=O) groups excluding carboxylic acids is 1. The number of hydrogen-bond donors (Lipinski definition) is 2. The second-order valence-electron chi connectivity index (χ2n) is 5.86. The smallest absolute Gasteiger partial charge is 0.262 e. The van der Waals surface area contributed by atoms with Gasteiger partial charge in [0.1, 0.15) is 5.75 Å². The first-order valence-electron chi connectivity index (χ1n) is 8.21. The highest BCUT2D eigenvalue weighted by Gasteiger charge is 2.16. The summed E-state index contributed by atoms with van der Waals surface area (Å²) in [6, 6.07) is 10.4. The first kappa shape index (κ1) is 21.5. The number of ether oxygens (including phenoxy) is 1. The number of amides is 1. The molecule has 2 aromatic rings. The van der Waals surface area contributed by atoms with Crippen LogP contribution in [0.3, 0.4) is 0 Å². The summed E-state index contributed by atoms with van der Waals surface area (Å²) in [5.41, 5.74) is 0.423. The maximum atomic E-state index is 12.2. The molecular weight excluding hydrogens is 411 g/mol. The van der Waals surface area contributed by atoms with Crippen molar-refractivity contribution in [3.05, 3.63) is 52.5 Å². The summed E-state index contributed by atoms with van der Waals surface area (Å²) in [5.74, 6) is -0.0378. The van der Waals surface area contributed by atoms with Gasteiger partial charge in [-0.05, 0) is 55.8 Å². The lowest BCUT2D eigenvalue weighted by atomic mass is 10.3. The zero-order valence-electron chi connectivity index (χ0n) is 14.8. The molecule has 9 heteroatoms. The van der Waals surface area contributed by atoms with Crippen molar-refractivity contribution in [1.82, 2.24) is 4.72 Å². The van der Waals surface area contributed by atoms with Crippen molar-refractivity contribution < 1.29 is 17.9 Å². The molecule has 1 atom stereocenters. The summed E-state index contributed by atoms with van der Waals surface area (Å²) < 4.78 is 32.4. The molecule has 27 heavy (non-hydrogen) atoms.